The number of fused-ring (bicyclic) bond motifs is 2. The first-order valence-electron chi connectivity index (χ1n) is 5.84. The summed E-state index contributed by atoms with van der Waals surface area (Å²) >= 11 is 5.83. The molecule has 1 N–H and O–H groups in total. The third-order valence-electron chi connectivity index (χ3n) is 2.96. The highest BCUT2D eigenvalue weighted by Gasteiger charge is 2.32. The molecule has 0 saturated carbocycles. The summed E-state index contributed by atoms with van der Waals surface area (Å²) in [5.74, 6) is -0.240. The lowest BCUT2D eigenvalue weighted by molar-refractivity contribution is -0.137. The highest BCUT2D eigenvalue weighted by Crippen LogP contribution is 2.40. The van der Waals surface area contributed by atoms with Crippen molar-refractivity contribution in [2.75, 3.05) is 5.32 Å². The topological polar surface area (TPSA) is 38.3 Å². The summed E-state index contributed by atoms with van der Waals surface area (Å²) in [5.41, 5.74) is -0.708. The Labute approximate surface area is 122 Å². The molecule has 0 aliphatic carbocycles. The van der Waals surface area contributed by atoms with Gasteiger partial charge < -0.3 is 10.1 Å². The van der Waals surface area contributed by atoms with Crippen LogP contribution in [-0.4, -0.2) is 5.91 Å². The first kappa shape index (κ1) is 13.8. The number of anilines is 1. The molecule has 1 aliphatic rings. The number of hydrogen-bond acceptors (Lipinski definition) is 2. The molecule has 21 heavy (non-hydrogen) atoms. The molecule has 1 heterocycles. The van der Waals surface area contributed by atoms with Crippen LogP contribution >= 0.6 is 11.6 Å². The number of rotatable bonds is 0. The minimum absolute atomic E-state index is 0.0397. The van der Waals surface area contributed by atoms with Crippen LogP contribution in [0.1, 0.15) is 15.9 Å². The molecule has 0 saturated heterocycles. The average Bonchev–Trinajstić information content (AvgIpc) is 2.52. The largest absolute Gasteiger partial charge is 0.454 e. The van der Waals surface area contributed by atoms with E-state index in [-0.39, 0.29) is 22.7 Å². The second-order valence-electron chi connectivity index (χ2n) is 4.41. The first-order valence-corrected chi connectivity index (χ1v) is 6.22. The molecule has 3 nitrogen and oxygen atoms in total. The molecule has 2 aromatic rings. The molecule has 0 atom stereocenters. The number of amides is 1. The van der Waals surface area contributed by atoms with Crippen LogP contribution in [0.25, 0.3) is 0 Å². The van der Waals surface area contributed by atoms with E-state index < -0.39 is 17.6 Å². The van der Waals surface area contributed by atoms with E-state index in [0.29, 0.717) is 5.02 Å². The molecule has 0 radical (unpaired) electrons. The zero-order valence-corrected chi connectivity index (χ0v) is 11.0. The summed E-state index contributed by atoms with van der Waals surface area (Å²) < 4.78 is 43.6. The van der Waals surface area contributed by atoms with Gasteiger partial charge in [-0.2, -0.15) is 13.2 Å². The van der Waals surface area contributed by atoms with Gasteiger partial charge in [0.2, 0.25) is 0 Å². The Kier molecular flexibility index (Phi) is 3.06. The second kappa shape index (κ2) is 4.66. The first-order chi connectivity index (χ1) is 9.84. The van der Waals surface area contributed by atoms with Crippen molar-refractivity contribution < 1.29 is 22.7 Å². The summed E-state index contributed by atoms with van der Waals surface area (Å²) in [4.78, 5) is 12.0. The Balaban J connectivity index is 2.10. The van der Waals surface area contributed by atoms with Gasteiger partial charge in [-0.05, 0) is 30.3 Å². The van der Waals surface area contributed by atoms with E-state index >= 15 is 0 Å². The number of ether oxygens (including phenoxy) is 1. The second-order valence-corrected chi connectivity index (χ2v) is 4.84. The van der Waals surface area contributed by atoms with E-state index in [1.54, 1.807) is 0 Å². The lowest BCUT2D eigenvalue weighted by Crippen LogP contribution is -2.11. The van der Waals surface area contributed by atoms with E-state index in [1.807, 2.05) is 0 Å². The van der Waals surface area contributed by atoms with E-state index in [9.17, 15) is 18.0 Å². The predicted octanol–water partition coefficient (Wildman–Crippen LogP) is 4.72. The van der Waals surface area contributed by atoms with Crippen LogP contribution in [0.2, 0.25) is 5.02 Å². The molecule has 7 heteroatoms. The number of benzene rings is 2. The molecule has 1 amide bonds. The van der Waals surface area contributed by atoms with Crippen LogP contribution in [-0.2, 0) is 6.18 Å². The molecule has 2 aromatic carbocycles. The lowest BCUT2D eigenvalue weighted by Gasteiger charge is -2.11. The van der Waals surface area contributed by atoms with Gasteiger partial charge in [-0.15, -0.1) is 0 Å². The Morgan fingerprint density at radius 2 is 1.81 bits per heavy atom. The van der Waals surface area contributed by atoms with Gasteiger partial charge in [0.15, 0.2) is 5.75 Å². The van der Waals surface area contributed by atoms with E-state index in [0.717, 1.165) is 18.2 Å². The van der Waals surface area contributed by atoms with Crippen molar-refractivity contribution >= 4 is 23.2 Å². The summed E-state index contributed by atoms with van der Waals surface area (Å²) in [6, 6.07) is 7.27. The molecule has 0 spiro atoms. The number of alkyl halides is 3. The smallest absolute Gasteiger partial charge is 0.416 e. The fourth-order valence-corrected chi connectivity index (χ4v) is 2.13. The van der Waals surface area contributed by atoms with Crippen molar-refractivity contribution in [3.63, 3.8) is 0 Å². The van der Waals surface area contributed by atoms with Crippen molar-refractivity contribution in [1.29, 1.82) is 0 Å². The van der Waals surface area contributed by atoms with Crippen LogP contribution in [0.3, 0.4) is 0 Å². The standard InChI is InChI=1S/C14H7ClF3NO2/c15-8-2-3-9-12(6-8)21-11-4-1-7(14(16,17)18)5-10(11)19-13(9)20/h1-6H,(H,19,20). The van der Waals surface area contributed by atoms with Gasteiger partial charge in [0, 0.05) is 11.1 Å². The maximum Gasteiger partial charge on any atom is 0.416 e. The number of carbonyl (C=O) groups excluding carboxylic acids is 1. The molecule has 3 rings (SSSR count). The molecular formula is C14H7ClF3NO2. The quantitative estimate of drug-likeness (QED) is 0.764. The zero-order chi connectivity index (χ0) is 15.2. The Morgan fingerprint density at radius 1 is 1.05 bits per heavy atom. The zero-order valence-electron chi connectivity index (χ0n) is 10.3. The summed E-state index contributed by atoms with van der Waals surface area (Å²) in [6.07, 6.45) is -4.50. The SMILES string of the molecule is O=C1Nc2cc(C(F)(F)F)ccc2Oc2cc(Cl)ccc21. The molecule has 0 fully saturated rings. The van der Waals surface area contributed by atoms with E-state index in [4.69, 9.17) is 16.3 Å². The summed E-state index contributed by atoms with van der Waals surface area (Å²) in [5, 5.41) is 2.76. The fraction of sp³-hybridized carbons (Fsp3) is 0.0714. The van der Waals surface area contributed by atoms with Crippen molar-refractivity contribution in [3.05, 3.63) is 52.5 Å². The molecule has 1 aliphatic heterocycles. The van der Waals surface area contributed by atoms with E-state index in [2.05, 4.69) is 5.32 Å². The summed E-state index contributed by atoms with van der Waals surface area (Å²) in [6.45, 7) is 0. The highest BCUT2D eigenvalue weighted by atomic mass is 35.5. The maximum absolute atomic E-state index is 12.7. The van der Waals surface area contributed by atoms with Gasteiger partial charge in [0.1, 0.15) is 5.75 Å². The predicted molar refractivity (Wildman–Crippen MR) is 70.9 cm³/mol. The monoisotopic (exact) mass is 313 g/mol. The Bertz CT molecular complexity index is 743. The van der Waals surface area contributed by atoms with Crippen LogP contribution in [0.5, 0.6) is 11.5 Å². The van der Waals surface area contributed by atoms with Crippen molar-refractivity contribution in [1.82, 2.24) is 0 Å². The Hall–Kier alpha value is -2.21. The van der Waals surface area contributed by atoms with Gasteiger partial charge in [0.05, 0.1) is 16.8 Å². The van der Waals surface area contributed by atoms with Crippen LogP contribution in [0, 0.1) is 0 Å². The third kappa shape index (κ3) is 2.54. The highest BCUT2D eigenvalue weighted by molar-refractivity contribution is 6.31. The van der Waals surface area contributed by atoms with Crippen LogP contribution in [0.4, 0.5) is 18.9 Å². The number of carbonyl (C=O) groups is 1. The van der Waals surface area contributed by atoms with Crippen molar-refractivity contribution in [2.24, 2.45) is 0 Å². The van der Waals surface area contributed by atoms with Gasteiger partial charge in [-0.25, -0.2) is 0 Å². The molecular weight excluding hydrogens is 307 g/mol. The fourth-order valence-electron chi connectivity index (χ4n) is 1.97. The Morgan fingerprint density at radius 3 is 2.52 bits per heavy atom. The van der Waals surface area contributed by atoms with Gasteiger partial charge in [-0.1, -0.05) is 11.6 Å². The normalized spacial score (nSPS) is 13.6. The maximum atomic E-state index is 12.7. The van der Waals surface area contributed by atoms with Crippen molar-refractivity contribution in [3.8, 4) is 11.5 Å². The van der Waals surface area contributed by atoms with Crippen LogP contribution in [0.15, 0.2) is 36.4 Å². The molecule has 108 valence electrons. The average molecular weight is 314 g/mol. The van der Waals surface area contributed by atoms with E-state index in [1.165, 1.54) is 18.2 Å². The molecule has 0 aromatic heterocycles. The minimum Gasteiger partial charge on any atom is -0.454 e. The van der Waals surface area contributed by atoms with Gasteiger partial charge >= 0.3 is 6.18 Å². The molecule has 0 unspecified atom stereocenters. The number of nitrogens with one attached hydrogen (secondary N) is 1. The third-order valence-corrected chi connectivity index (χ3v) is 3.20. The lowest BCUT2D eigenvalue weighted by atomic mass is 10.1. The van der Waals surface area contributed by atoms with Gasteiger partial charge in [0.25, 0.3) is 5.91 Å². The van der Waals surface area contributed by atoms with Crippen LogP contribution < -0.4 is 10.1 Å². The number of hydrogen-bond donors (Lipinski definition) is 1. The minimum atomic E-state index is -4.50. The molecule has 0 bridgehead atoms. The van der Waals surface area contributed by atoms with Crippen molar-refractivity contribution in [2.45, 2.75) is 6.18 Å². The number of halogens is 4. The summed E-state index contributed by atoms with van der Waals surface area (Å²) in [7, 11) is 0. The van der Waals surface area contributed by atoms with Gasteiger partial charge in [-0.3, -0.25) is 4.79 Å².